The number of carbonyl (C=O) groups excluding carboxylic acids is 3. The zero-order chi connectivity index (χ0) is 22.1. The van der Waals surface area contributed by atoms with E-state index in [0.29, 0.717) is 27.9 Å². The molecule has 0 saturated heterocycles. The van der Waals surface area contributed by atoms with Gasteiger partial charge in [0.25, 0.3) is 11.8 Å². The lowest BCUT2D eigenvalue weighted by atomic mass is 10.1. The molecule has 0 heterocycles. The fourth-order valence-electron chi connectivity index (χ4n) is 2.53. The molecular formula is C21H22Br2N2O4S. The molecule has 0 bridgehead atoms. The van der Waals surface area contributed by atoms with E-state index in [1.54, 1.807) is 48.2 Å². The van der Waals surface area contributed by atoms with Crippen molar-refractivity contribution in [2.75, 3.05) is 23.9 Å². The van der Waals surface area contributed by atoms with E-state index >= 15 is 0 Å². The van der Waals surface area contributed by atoms with Crippen molar-refractivity contribution in [1.82, 2.24) is 5.32 Å². The fraction of sp³-hybridized carbons (Fsp3) is 0.286. The molecule has 160 valence electrons. The molecule has 30 heavy (non-hydrogen) atoms. The van der Waals surface area contributed by atoms with Crippen LogP contribution in [0.4, 0.5) is 5.69 Å². The summed E-state index contributed by atoms with van der Waals surface area (Å²) in [6.07, 6.45) is 2.31. The van der Waals surface area contributed by atoms with Crippen molar-refractivity contribution in [1.29, 1.82) is 0 Å². The number of thioether (sulfide) groups is 1. The summed E-state index contributed by atoms with van der Waals surface area (Å²) in [5, 5.41) is 5.39. The molecule has 6 nitrogen and oxygen atoms in total. The van der Waals surface area contributed by atoms with Crippen LogP contribution >= 0.6 is 43.6 Å². The summed E-state index contributed by atoms with van der Waals surface area (Å²) in [6.45, 7) is 1.44. The summed E-state index contributed by atoms with van der Waals surface area (Å²) < 4.78 is 6.71. The standard InChI is InChI=1S/C21H22Br2N2O4S/c1-13-4-3-5-14(10-13)20(27)25-18(8-9-30-2)21(28)29-12-19(26)24-17-7-6-15(22)11-16(17)23/h3-7,10-11,18H,8-9,12H2,1-2H3,(H,24,26)(H,25,27)/t18-/m1/s1. The van der Waals surface area contributed by atoms with Gasteiger partial charge < -0.3 is 15.4 Å². The summed E-state index contributed by atoms with van der Waals surface area (Å²) in [5.74, 6) is -0.814. The maximum absolute atomic E-state index is 12.5. The number of carbonyl (C=O) groups is 3. The second-order valence-corrected chi connectivity index (χ2v) is 9.21. The van der Waals surface area contributed by atoms with Crippen LogP contribution in [0.5, 0.6) is 0 Å². The smallest absolute Gasteiger partial charge is 0.329 e. The van der Waals surface area contributed by atoms with Crippen molar-refractivity contribution >= 4 is 67.1 Å². The third-order valence-corrected chi connectivity index (χ3v) is 5.82. The van der Waals surface area contributed by atoms with Crippen molar-refractivity contribution in [3.63, 3.8) is 0 Å². The van der Waals surface area contributed by atoms with Crippen molar-refractivity contribution in [3.05, 3.63) is 62.5 Å². The summed E-state index contributed by atoms with van der Waals surface area (Å²) in [5.41, 5.74) is 1.97. The van der Waals surface area contributed by atoms with Crippen molar-refractivity contribution < 1.29 is 19.1 Å². The summed E-state index contributed by atoms with van der Waals surface area (Å²) in [7, 11) is 0. The van der Waals surface area contributed by atoms with Gasteiger partial charge >= 0.3 is 5.97 Å². The van der Waals surface area contributed by atoms with Crippen LogP contribution in [-0.4, -0.2) is 42.4 Å². The molecule has 0 fully saturated rings. The van der Waals surface area contributed by atoms with Gasteiger partial charge in [0.2, 0.25) is 0 Å². The monoisotopic (exact) mass is 556 g/mol. The van der Waals surface area contributed by atoms with Crippen LogP contribution in [0, 0.1) is 6.92 Å². The molecule has 0 spiro atoms. The average molecular weight is 558 g/mol. The summed E-state index contributed by atoms with van der Waals surface area (Å²) in [4.78, 5) is 37.2. The molecule has 1 atom stereocenters. The van der Waals surface area contributed by atoms with Crippen molar-refractivity contribution in [2.24, 2.45) is 0 Å². The van der Waals surface area contributed by atoms with E-state index in [0.717, 1.165) is 10.0 Å². The predicted octanol–water partition coefficient (Wildman–Crippen LogP) is 4.55. The minimum absolute atomic E-state index is 0.356. The van der Waals surface area contributed by atoms with Gasteiger partial charge in [0.15, 0.2) is 6.61 Å². The molecule has 2 N–H and O–H groups in total. The molecule has 9 heteroatoms. The number of esters is 1. The predicted molar refractivity (Wildman–Crippen MR) is 127 cm³/mol. The van der Waals surface area contributed by atoms with Crippen LogP contribution in [0.15, 0.2) is 51.4 Å². The third-order valence-electron chi connectivity index (χ3n) is 4.03. The molecule has 0 aliphatic carbocycles. The van der Waals surface area contributed by atoms with Gasteiger partial charge in [0, 0.05) is 14.5 Å². The SMILES string of the molecule is CSCC[C@@H](NC(=O)c1cccc(C)c1)C(=O)OCC(=O)Nc1ccc(Br)cc1Br. The minimum atomic E-state index is -0.835. The molecule has 2 aromatic carbocycles. The first-order chi connectivity index (χ1) is 14.3. The molecule has 2 aromatic rings. The largest absolute Gasteiger partial charge is 0.454 e. The minimum Gasteiger partial charge on any atom is -0.454 e. The number of amides is 2. The molecule has 0 unspecified atom stereocenters. The summed E-state index contributed by atoms with van der Waals surface area (Å²) in [6, 6.07) is 11.6. The number of rotatable bonds is 9. The summed E-state index contributed by atoms with van der Waals surface area (Å²) >= 11 is 8.25. The third kappa shape index (κ3) is 7.77. The van der Waals surface area contributed by atoms with Gasteiger partial charge in [0.05, 0.1) is 5.69 Å². The molecule has 0 aliphatic rings. The second kappa shape index (κ2) is 12.1. The molecule has 0 radical (unpaired) electrons. The Balaban J connectivity index is 1.95. The van der Waals surface area contributed by atoms with Crippen LogP contribution in [0.25, 0.3) is 0 Å². The molecule has 2 amide bonds. The Morgan fingerprint density at radius 3 is 2.57 bits per heavy atom. The van der Waals surface area contributed by atoms with E-state index in [1.165, 1.54) is 0 Å². The molecule has 0 aliphatic heterocycles. The van der Waals surface area contributed by atoms with E-state index in [9.17, 15) is 14.4 Å². The van der Waals surface area contributed by atoms with E-state index in [1.807, 2.05) is 19.2 Å². The zero-order valence-electron chi connectivity index (χ0n) is 16.5. The highest BCUT2D eigenvalue weighted by Gasteiger charge is 2.23. The van der Waals surface area contributed by atoms with E-state index in [4.69, 9.17) is 4.74 Å². The molecule has 2 rings (SSSR count). The van der Waals surface area contributed by atoms with Gasteiger partial charge in [-0.15, -0.1) is 0 Å². The first-order valence-corrected chi connectivity index (χ1v) is 12.1. The van der Waals surface area contributed by atoms with Gasteiger partial charge in [-0.1, -0.05) is 33.6 Å². The van der Waals surface area contributed by atoms with Gasteiger partial charge in [-0.05, 0) is 71.6 Å². The van der Waals surface area contributed by atoms with E-state index in [-0.39, 0.29) is 5.91 Å². The fourth-order valence-corrected chi connectivity index (χ4v) is 4.14. The molecule has 0 aromatic heterocycles. The number of halogens is 2. The molecule has 0 saturated carbocycles. The highest BCUT2D eigenvalue weighted by molar-refractivity contribution is 9.11. The maximum atomic E-state index is 12.5. The number of anilines is 1. The van der Waals surface area contributed by atoms with Crippen LogP contribution < -0.4 is 10.6 Å². The van der Waals surface area contributed by atoms with Gasteiger partial charge in [0.1, 0.15) is 6.04 Å². The lowest BCUT2D eigenvalue weighted by Gasteiger charge is -2.17. The topological polar surface area (TPSA) is 84.5 Å². The number of nitrogens with one attached hydrogen (secondary N) is 2. The molecular weight excluding hydrogens is 536 g/mol. The normalized spacial score (nSPS) is 11.5. The van der Waals surface area contributed by atoms with Crippen LogP contribution in [0.2, 0.25) is 0 Å². The Hall–Kier alpha value is -1.84. The maximum Gasteiger partial charge on any atom is 0.329 e. The Kier molecular flexibility index (Phi) is 9.87. The van der Waals surface area contributed by atoms with Crippen molar-refractivity contribution in [2.45, 2.75) is 19.4 Å². The number of hydrogen-bond acceptors (Lipinski definition) is 5. The van der Waals surface area contributed by atoms with E-state index < -0.39 is 24.5 Å². The Bertz CT molecular complexity index is 924. The zero-order valence-corrected chi connectivity index (χ0v) is 20.5. The first kappa shape index (κ1) is 24.4. The van der Waals surface area contributed by atoms with Crippen LogP contribution in [0.1, 0.15) is 22.3 Å². The quantitative estimate of drug-likeness (QED) is 0.442. The highest BCUT2D eigenvalue weighted by Crippen LogP contribution is 2.26. The van der Waals surface area contributed by atoms with Crippen LogP contribution in [0.3, 0.4) is 0 Å². The lowest BCUT2D eigenvalue weighted by molar-refractivity contribution is -0.149. The van der Waals surface area contributed by atoms with E-state index in [2.05, 4.69) is 42.5 Å². The first-order valence-electron chi connectivity index (χ1n) is 9.08. The van der Waals surface area contributed by atoms with Gasteiger partial charge in [-0.2, -0.15) is 11.8 Å². The van der Waals surface area contributed by atoms with Crippen molar-refractivity contribution in [3.8, 4) is 0 Å². The second-order valence-electron chi connectivity index (χ2n) is 6.46. The van der Waals surface area contributed by atoms with Gasteiger partial charge in [-0.25, -0.2) is 4.79 Å². The average Bonchev–Trinajstić information content (AvgIpc) is 2.71. The Labute approximate surface area is 196 Å². The highest BCUT2D eigenvalue weighted by atomic mass is 79.9. The number of benzene rings is 2. The number of ether oxygens (including phenoxy) is 1. The van der Waals surface area contributed by atoms with Gasteiger partial charge in [-0.3, -0.25) is 9.59 Å². The Morgan fingerprint density at radius 1 is 1.13 bits per heavy atom. The number of aryl methyl sites for hydroxylation is 1. The Morgan fingerprint density at radius 2 is 1.90 bits per heavy atom. The lowest BCUT2D eigenvalue weighted by Crippen LogP contribution is -2.43. The van der Waals surface area contributed by atoms with Crippen LogP contribution in [-0.2, 0) is 14.3 Å². The number of hydrogen-bond donors (Lipinski definition) is 2.